The van der Waals surface area contributed by atoms with Crippen LogP contribution in [0.5, 0.6) is 11.5 Å². The molecule has 1 aromatic rings. The number of hydrogen-bond acceptors (Lipinski definition) is 3. The van der Waals surface area contributed by atoms with E-state index in [-0.39, 0.29) is 6.04 Å². The lowest BCUT2D eigenvalue weighted by molar-refractivity contribution is 0.287. The molecule has 0 saturated carbocycles. The van der Waals surface area contributed by atoms with Gasteiger partial charge in [0.05, 0.1) is 13.2 Å². The fourth-order valence-electron chi connectivity index (χ4n) is 2.21. The molecule has 1 rings (SSSR count). The number of ether oxygens (including phenoxy) is 2. The Labute approximate surface area is 117 Å². The summed E-state index contributed by atoms with van der Waals surface area (Å²) in [6.45, 7) is 9.64. The second-order valence-electron chi connectivity index (χ2n) is 5.24. The molecule has 0 heterocycles. The van der Waals surface area contributed by atoms with Crippen LogP contribution >= 0.6 is 0 Å². The Morgan fingerprint density at radius 2 is 1.68 bits per heavy atom. The van der Waals surface area contributed by atoms with Crippen molar-refractivity contribution in [1.82, 2.24) is 0 Å². The molecule has 108 valence electrons. The molecule has 0 amide bonds. The van der Waals surface area contributed by atoms with Crippen LogP contribution in [0.1, 0.15) is 39.7 Å². The SMILES string of the molecule is CCOc1ccc(CC(N)CC(C)C)cc1OCC. The van der Waals surface area contributed by atoms with Crippen molar-refractivity contribution in [3.63, 3.8) is 0 Å². The molecule has 0 bridgehead atoms. The molecule has 2 N–H and O–H groups in total. The third-order valence-electron chi connectivity index (χ3n) is 2.88. The molecule has 3 heteroatoms. The van der Waals surface area contributed by atoms with E-state index in [2.05, 4.69) is 26.0 Å². The Hall–Kier alpha value is -1.22. The molecule has 0 aromatic heterocycles. The van der Waals surface area contributed by atoms with Crippen LogP contribution in [0.2, 0.25) is 0 Å². The molecule has 1 aromatic carbocycles. The summed E-state index contributed by atoms with van der Waals surface area (Å²) in [7, 11) is 0. The second-order valence-corrected chi connectivity index (χ2v) is 5.24. The molecule has 0 spiro atoms. The maximum atomic E-state index is 6.16. The monoisotopic (exact) mass is 265 g/mol. The van der Waals surface area contributed by atoms with Crippen molar-refractivity contribution in [1.29, 1.82) is 0 Å². The average molecular weight is 265 g/mol. The lowest BCUT2D eigenvalue weighted by Gasteiger charge is -2.16. The van der Waals surface area contributed by atoms with Crippen molar-refractivity contribution in [2.24, 2.45) is 11.7 Å². The Balaban J connectivity index is 2.76. The Morgan fingerprint density at radius 1 is 1.05 bits per heavy atom. The average Bonchev–Trinajstić information content (AvgIpc) is 2.32. The van der Waals surface area contributed by atoms with Gasteiger partial charge in [0, 0.05) is 6.04 Å². The second kappa shape index (κ2) is 8.05. The van der Waals surface area contributed by atoms with Crippen LogP contribution in [-0.2, 0) is 6.42 Å². The van der Waals surface area contributed by atoms with E-state index in [1.165, 1.54) is 5.56 Å². The van der Waals surface area contributed by atoms with Gasteiger partial charge in [-0.25, -0.2) is 0 Å². The van der Waals surface area contributed by atoms with Crippen molar-refractivity contribution in [2.45, 2.75) is 46.6 Å². The lowest BCUT2D eigenvalue weighted by Crippen LogP contribution is -2.24. The van der Waals surface area contributed by atoms with E-state index in [4.69, 9.17) is 15.2 Å². The van der Waals surface area contributed by atoms with Crippen molar-refractivity contribution in [3.8, 4) is 11.5 Å². The highest BCUT2D eigenvalue weighted by Crippen LogP contribution is 2.29. The summed E-state index contributed by atoms with van der Waals surface area (Å²) in [5.74, 6) is 2.26. The van der Waals surface area contributed by atoms with Crippen LogP contribution < -0.4 is 15.2 Å². The van der Waals surface area contributed by atoms with Gasteiger partial charge in [-0.15, -0.1) is 0 Å². The number of benzene rings is 1. The number of nitrogens with two attached hydrogens (primary N) is 1. The third-order valence-corrected chi connectivity index (χ3v) is 2.88. The molecule has 0 radical (unpaired) electrons. The van der Waals surface area contributed by atoms with E-state index in [0.29, 0.717) is 19.1 Å². The maximum Gasteiger partial charge on any atom is 0.161 e. The predicted octanol–water partition coefficient (Wildman–Crippen LogP) is 3.40. The van der Waals surface area contributed by atoms with Gasteiger partial charge in [-0.3, -0.25) is 0 Å². The standard InChI is InChI=1S/C16H27NO2/c1-5-18-15-8-7-13(11-16(15)19-6-2)10-14(17)9-12(3)4/h7-8,11-12,14H,5-6,9-10,17H2,1-4H3. The van der Waals surface area contributed by atoms with Crippen molar-refractivity contribution in [2.75, 3.05) is 13.2 Å². The topological polar surface area (TPSA) is 44.5 Å². The quantitative estimate of drug-likeness (QED) is 0.783. The first-order valence-electron chi connectivity index (χ1n) is 7.20. The lowest BCUT2D eigenvalue weighted by atomic mass is 9.98. The smallest absolute Gasteiger partial charge is 0.161 e. The van der Waals surface area contributed by atoms with Crippen LogP contribution in [0.15, 0.2) is 18.2 Å². The summed E-state index contributed by atoms with van der Waals surface area (Å²) < 4.78 is 11.2. The Bertz CT molecular complexity index is 377. The highest BCUT2D eigenvalue weighted by atomic mass is 16.5. The Morgan fingerprint density at radius 3 is 2.26 bits per heavy atom. The first kappa shape index (κ1) is 15.8. The van der Waals surface area contributed by atoms with Gasteiger partial charge >= 0.3 is 0 Å². The molecule has 1 atom stereocenters. The molecule has 0 aliphatic heterocycles. The number of rotatable bonds is 8. The largest absolute Gasteiger partial charge is 0.490 e. The Kier molecular flexibility index (Phi) is 6.71. The minimum absolute atomic E-state index is 0.201. The highest BCUT2D eigenvalue weighted by molar-refractivity contribution is 5.43. The van der Waals surface area contributed by atoms with Gasteiger partial charge < -0.3 is 15.2 Å². The highest BCUT2D eigenvalue weighted by Gasteiger charge is 2.10. The van der Waals surface area contributed by atoms with Gasteiger partial charge in [-0.2, -0.15) is 0 Å². The molecular weight excluding hydrogens is 238 g/mol. The zero-order valence-electron chi connectivity index (χ0n) is 12.6. The fraction of sp³-hybridized carbons (Fsp3) is 0.625. The fourth-order valence-corrected chi connectivity index (χ4v) is 2.21. The third kappa shape index (κ3) is 5.52. The van der Waals surface area contributed by atoms with Crippen LogP contribution in [0, 0.1) is 5.92 Å². The first-order chi connectivity index (χ1) is 9.06. The van der Waals surface area contributed by atoms with E-state index in [9.17, 15) is 0 Å². The molecule has 0 fully saturated rings. The zero-order valence-corrected chi connectivity index (χ0v) is 12.6. The normalized spacial score (nSPS) is 12.5. The number of hydrogen-bond donors (Lipinski definition) is 1. The summed E-state index contributed by atoms with van der Waals surface area (Å²) in [4.78, 5) is 0. The van der Waals surface area contributed by atoms with Gasteiger partial charge in [0.2, 0.25) is 0 Å². The summed E-state index contributed by atoms with van der Waals surface area (Å²) in [6.07, 6.45) is 1.92. The first-order valence-corrected chi connectivity index (χ1v) is 7.20. The molecule has 3 nitrogen and oxygen atoms in total. The van der Waals surface area contributed by atoms with Crippen LogP contribution in [0.3, 0.4) is 0 Å². The van der Waals surface area contributed by atoms with Crippen LogP contribution in [0.25, 0.3) is 0 Å². The van der Waals surface area contributed by atoms with E-state index in [1.807, 2.05) is 19.9 Å². The summed E-state index contributed by atoms with van der Waals surface area (Å²) in [6, 6.07) is 6.31. The minimum Gasteiger partial charge on any atom is -0.490 e. The summed E-state index contributed by atoms with van der Waals surface area (Å²) in [5, 5.41) is 0. The van der Waals surface area contributed by atoms with E-state index >= 15 is 0 Å². The van der Waals surface area contributed by atoms with Gasteiger partial charge in [0.25, 0.3) is 0 Å². The van der Waals surface area contributed by atoms with Gasteiger partial charge in [-0.05, 0) is 50.3 Å². The van der Waals surface area contributed by atoms with Crippen LogP contribution in [-0.4, -0.2) is 19.3 Å². The molecule has 0 aliphatic rings. The van der Waals surface area contributed by atoms with Crippen molar-refractivity contribution in [3.05, 3.63) is 23.8 Å². The van der Waals surface area contributed by atoms with Gasteiger partial charge in [-0.1, -0.05) is 19.9 Å². The molecule has 0 saturated heterocycles. The maximum absolute atomic E-state index is 6.16. The molecule has 1 unspecified atom stereocenters. The predicted molar refractivity (Wildman–Crippen MR) is 79.9 cm³/mol. The van der Waals surface area contributed by atoms with E-state index < -0.39 is 0 Å². The summed E-state index contributed by atoms with van der Waals surface area (Å²) in [5.41, 5.74) is 7.36. The molecule has 19 heavy (non-hydrogen) atoms. The minimum atomic E-state index is 0.201. The van der Waals surface area contributed by atoms with E-state index in [0.717, 1.165) is 24.3 Å². The molecular formula is C16H27NO2. The van der Waals surface area contributed by atoms with Crippen LogP contribution in [0.4, 0.5) is 0 Å². The zero-order chi connectivity index (χ0) is 14.3. The van der Waals surface area contributed by atoms with Crippen molar-refractivity contribution >= 4 is 0 Å². The molecule has 0 aliphatic carbocycles. The van der Waals surface area contributed by atoms with Gasteiger partial charge in [0.1, 0.15) is 0 Å². The summed E-state index contributed by atoms with van der Waals surface area (Å²) >= 11 is 0. The van der Waals surface area contributed by atoms with Gasteiger partial charge in [0.15, 0.2) is 11.5 Å². The van der Waals surface area contributed by atoms with E-state index in [1.54, 1.807) is 0 Å². The van der Waals surface area contributed by atoms with Crippen molar-refractivity contribution < 1.29 is 9.47 Å².